The van der Waals surface area contributed by atoms with Crippen molar-refractivity contribution in [3.8, 4) is 6.07 Å². The molecule has 5 nitrogen and oxygen atoms in total. The van der Waals surface area contributed by atoms with Crippen LogP contribution in [0.2, 0.25) is 0 Å². The van der Waals surface area contributed by atoms with Crippen molar-refractivity contribution in [3.63, 3.8) is 0 Å². The first kappa shape index (κ1) is 13.3. The van der Waals surface area contributed by atoms with Gasteiger partial charge in [0.2, 0.25) is 5.91 Å². The van der Waals surface area contributed by atoms with Crippen LogP contribution in [-0.4, -0.2) is 22.0 Å². The van der Waals surface area contributed by atoms with E-state index in [9.17, 15) is 4.79 Å². The van der Waals surface area contributed by atoms with Gasteiger partial charge in [-0.1, -0.05) is 13.0 Å². The van der Waals surface area contributed by atoms with Crippen molar-refractivity contribution in [2.75, 3.05) is 6.54 Å². The van der Waals surface area contributed by atoms with Crippen LogP contribution in [0.25, 0.3) is 11.0 Å². The molecule has 0 aliphatic carbocycles. The summed E-state index contributed by atoms with van der Waals surface area (Å²) >= 11 is 5.21. The number of nitriles is 1. The maximum absolute atomic E-state index is 11.8. The number of H-pyrrole nitrogens is 1. The third kappa shape index (κ3) is 2.66. The molecule has 0 spiro atoms. The monoisotopic (exact) mass is 274 g/mol. The van der Waals surface area contributed by atoms with Crippen molar-refractivity contribution in [2.45, 2.75) is 19.9 Å². The number of nitrogens with zero attached hydrogens (tertiary/aromatic N) is 2. The quantitative estimate of drug-likeness (QED) is 0.838. The SMILES string of the molecule is CCCNC(=O)Cn1c(=S)[nH]c2c(C#N)cccc21. The molecule has 6 heteroatoms. The molecule has 98 valence electrons. The third-order valence-electron chi connectivity index (χ3n) is 2.80. The topological polar surface area (TPSA) is 73.6 Å². The Hall–Kier alpha value is -2.13. The van der Waals surface area contributed by atoms with Crippen LogP contribution >= 0.6 is 12.2 Å². The van der Waals surface area contributed by atoms with Crippen molar-refractivity contribution in [2.24, 2.45) is 0 Å². The smallest absolute Gasteiger partial charge is 0.240 e. The molecule has 0 unspecified atom stereocenters. The minimum atomic E-state index is -0.0822. The Balaban J connectivity index is 2.39. The van der Waals surface area contributed by atoms with E-state index in [0.29, 0.717) is 22.4 Å². The molecule has 19 heavy (non-hydrogen) atoms. The maximum Gasteiger partial charge on any atom is 0.240 e. The summed E-state index contributed by atoms with van der Waals surface area (Å²) in [6, 6.07) is 7.45. The summed E-state index contributed by atoms with van der Waals surface area (Å²) in [6.45, 7) is 2.81. The average Bonchev–Trinajstić information content (AvgIpc) is 2.73. The number of carbonyl (C=O) groups is 1. The first-order valence-electron chi connectivity index (χ1n) is 6.05. The van der Waals surface area contributed by atoms with Gasteiger partial charge in [0.1, 0.15) is 12.6 Å². The molecule has 2 aromatic rings. The van der Waals surface area contributed by atoms with Crippen molar-refractivity contribution >= 4 is 29.2 Å². The van der Waals surface area contributed by atoms with E-state index in [1.165, 1.54) is 0 Å². The van der Waals surface area contributed by atoms with Crippen molar-refractivity contribution < 1.29 is 4.79 Å². The van der Waals surface area contributed by atoms with E-state index < -0.39 is 0 Å². The summed E-state index contributed by atoms with van der Waals surface area (Å²) in [5.41, 5.74) is 1.98. The molecule has 0 saturated heterocycles. The highest BCUT2D eigenvalue weighted by molar-refractivity contribution is 7.71. The molecule has 1 amide bonds. The van der Waals surface area contributed by atoms with Crippen LogP contribution in [0.15, 0.2) is 18.2 Å². The lowest BCUT2D eigenvalue weighted by Gasteiger charge is -2.05. The first-order chi connectivity index (χ1) is 9.17. The molecular weight excluding hydrogens is 260 g/mol. The van der Waals surface area contributed by atoms with Gasteiger partial charge in [0.25, 0.3) is 0 Å². The largest absolute Gasteiger partial charge is 0.355 e. The zero-order valence-corrected chi connectivity index (χ0v) is 11.4. The Morgan fingerprint density at radius 2 is 2.37 bits per heavy atom. The lowest BCUT2D eigenvalue weighted by molar-refractivity contribution is -0.121. The minimum Gasteiger partial charge on any atom is -0.355 e. The molecule has 0 fully saturated rings. The fraction of sp³-hybridized carbons (Fsp3) is 0.308. The van der Waals surface area contributed by atoms with E-state index in [1.54, 1.807) is 16.7 Å². The number of hydrogen-bond donors (Lipinski definition) is 2. The number of aromatic nitrogens is 2. The number of amides is 1. The number of para-hydroxylation sites is 1. The number of aromatic amines is 1. The standard InChI is InChI=1S/C13H14N4OS/c1-2-6-15-11(18)8-17-10-5-3-4-9(7-14)12(10)16-13(17)19/h3-5H,2,6,8H2,1H3,(H,15,18)(H,16,19). The number of carbonyl (C=O) groups excluding carboxylic acids is 1. The fourth-order valence-corrected chi connectivity index (χ4v) is 2.16. The summed E-state index contributed by atoms with van der Waals surface area (Å²) < 4.78 is 2.15. The van der Waals surface area contributed by atoms with Gasteiger partial charge >= 0.3 is 0 Å². The van der Waals surface area contributed by atoms with Crippen molar-refractivity contribution in [1.82, 2.24) is 14.9 Å². The van der Waals surface area contributed by atoms with E-state index in [0.717, 1.165) is 11.9 Å². The normalized spacial score (nSPS) is 10.3. The van der Waals surface area contributed by atoms with Gasteiger partial charge in [-0.25, -0.2) is 0 Å². The second-order valence-electron chi connectivity index (χ2n) is 4.18. The molecule has 0 atom stereocenters. The Morgan fingerprint density at radius 1 is 1.58 bits per heavy atom. The van der Waals surface area contributed by atoms with Gasteiger partial charge in [0, 0.05) is 6.54 Å². The minimum absolute atomic E-state index is 0.0822. The summed E-state index contributed by atoms with van der Waals surface area (Å²) in [5.74, 6) is -0.0822. The summed E-state index contributed by atoms with van der Waals surface area (Å²) in [6.07, 6.45) is 0.892. The predicted molar refractivity (Wildman–Crippen MR) is 75.1 cm³/mol. The lowest BCUT2D eigenvalue weighted by atomic mass is 10.2. The van der Waals surface area contributed by atoms with Crippen LogP contribution < -0.4 is 5.32 Å². The van der Waals surface area contributed by atoms with Gasteiger partial charge < -0.3 is 14.9 Å². The number of fused-ring (bicyclic) bond motifs is 1. The molecule has 0 radical (unpaired) electrons. The zero-order valence-electron chi connectivity index (χ0n) is 10.6. The van der Waals surface area contributed by atoms with Crippen molar-refractivity contribution in [3.05, 3.63) is 28.5 Å². The maximum atomic E-state index is 11.8. The van der Waals surface area contributed by atoms with E-state index in [1.807, 2.05) is 13.0 Å². The number of hydrogen-bond acceptors (Lipinski definition) is 3. The average molecular weight is 274 g/mol. The van der Waals surface area contributed by atoms with Crippen LogP contribution in [0.3, 0.4) is 0 Å². The number of rotatable bonds is 4. The molecule has 1 aromatic carbocycles. The molecule has 1 heterocycles. The lowest BCUT2D eigenvalue weighted by Crippen LogP contribution is -2.28. The first-order valence-corrected chi connectivity index (χ1v) is 6.46. The second-order valence-corrected chi connectivity index (χ2v) is 4.56. The van der Waals surface area contributed by atoms with Gasteiger partial charge in [-0.05, 0) is 30.8 Å². The Kier molecular flexibility index (Phi) is 3.97. The van der Waals surface area contributed by atoms with E-state index in [2.05, 4.69) is 16.4 Å². The molecule has 0 aliphatic rings. The predicted octanol–water partition coefficient (Wildman–Crippen LogP) is 2.10. The molecule has 2 rings (SSSR count). The highest BCUT2D eigenvalue weighted by Crippen LogP contribution is 2.17. The molecule has 0 aliphatic heterocycles. The number of nitrogens with one attached hydrogen (secondary N) is 2. The van der Waals surface area contributed by atoms with E-state index in [-0.39, 0.29) is 12.5 Å². The molecule has 0 saturated carbocycles. The van der Waals surface area contributed by atoms with Crippen LogP contribution in [0.1, 0.15) is 18.9 Å². The van der Waals surface area contributed by atoms with Crippen molar-refractivity contribution in [1.29, 1.82) is 5.26 Å². The highest BCUT2D eigenvalue weighted by atomic mass is 32.1. The van der Waals surface area contributed by atoms with Crippen LogP contribution in [0.5, 0.6) is 0 Å². The Morgan fingerprint density at radius 3 is 3.05 bits per heavy atom. The summed E-state index contributed by atoms with van der Waals surface area (Å²) in [4.78, 5) is 14.7. The van der Waals surface area contributed by atoms with Gasteiger partial charge in [0.15, 0.2) is 4.77 Å². The van der Waals surface area contributed by atoms with E-state index in [4.69, 9.17) is 17.5 Å². The van der Waals surface area contributed by atoms with Gasteiger partial charge in [0.05, 0.1) is 16.6 Å². The Bertz CT molecular complexity index is 707. The van der Waals surface area contributed by atoms with Gasteiger partial charge in [-0.3, -0.25) is 4.79 Å². The summed E-state index contributed by atoms with van der Waals surface area (Å²) in [7, 11) is 0. The van der Waals surface area contributed by atoms with Crippen LogP contribution in [-0.2, 0) is 11.3 Å². The Labute approximate surface area is 115 Å². The number of benzene rings is 1. The molecule has 0 bridgehead atoms. The van der Waals surface area contributed by atoms with Gasteiger partial charge in [-0.2, -0.15) is 5.26 Å². The molecule has 2 N–H and O–H groups in total. The summed E-state index contributed by atoms with van der Waals surface area (Å²) in [5, 5.41) is 11.8. The zero-order chi connectivity index (χ0) is 13.8. The molecular formula is C13H14N4OS. The number of imidazole rings is 1. The van der Waals surface area contributed by atoms with Gasteiger partial charge in [-0.15, -0.1) is 0 Å². The fourth-order valence-electron chi connectivity index (χ4n) is 1.89. The van der Waals surface area contributed by atoms with Crippen LogP contribution in [0.4, 0.5) is 0 Å². The van der Waals surface area contributed by atoms with Crippen LogP contribution in [0, 0.1) is 16.1 Å². The second kappa shape index (κ2) is 5.67. The third-order valence-corrected chi connectivity index (χ3v) is 3.13. The highest BCUT2D eigenvalue weighted by Gasteiger charge is 2.10. The van der Waals surface area contributed by atoms with E-state index >= 15 is 0 Å². The molecule has 1 aromatic heterocycles.